The molecule has 1 heterocycles. The van der Waals surface area contributed by atoms with Gasteiger partial charge in [-0.1, -0.05) is 6.92 Å². The average Bonchev–Trinajstić information content (AvgIpc) is 2.15. The Morgan fingerprint density at radius 2 is 1.92 bits per heavy atom. The third-order valence-corrected chi connectivity index (χ3v) is 2.42. The molecule has 0 saturated carbocycles. The number of aliphatic hydroxyl groups excluding tert-OH is 3. The number of hydrogen-bond donors (Lipinski definition) is 3. The van der Waals surface area contributed by atoms with Gasteiger partial charge in [-0.2, -0.15) is 0 Å². The molecule has 5 atom stereocenters. The molecular formula is C8H16O5. The van der Waals surface area contributed by atoms with Crippen LogP contribution in [0.3, 0.4) is 0 Å². The normalized spacial score (nSPS) is 46.4. The molecule has 5 heteroatoms. The summed E-state index contributed by atoms with van der Waals surface area (Å²) in [7, 11) is 1.46. The molecule has 0 spiro atoms. The van der Waals surface area contributed by atoms with Crippen molar-refractivity contribution in [1.82, 2.24) is 0 Å². The van der Waals surface area contributed by atoms with E-state index in [0.717, 1.165) is 0 Å². The van der Waals surface area contributed by atoms with E-state index in [1.54, 1.807) is 6.92 Å². The van der Waals surface area contributed by atoms with Crippen molar-refractivity contribution < 1.29 is 24.8 Å². The van der Waals surface area contributed by atoms with E-state index < -0.39 is 24.6 Å². The zero-order valence-electron chi connectivity index (χ0n) is 7.75. The lowest BCUT2D eigenvalue weighted by Gasteiger charge is -2.40. The topological polar surface area (TPSA) is 79.2 Å². The Morgan fingerprint density at radius 3 is 2.38 bits per heavy atom. The van der Waals surface area contributed by atoms with Crippen LogP contribution >= 0.6 is 0 Å². The fourth-order valence-corrected chi connectivity index (χ4v) is 1.49. The van der Waals surface area contributed by atoms with Crippen LogP contribution in [0.25, 0.3) is 0 Å². The molecule has 78 valence electrons. The van der Waals surface area contributed by atoms with Gasteiger partial charge in [0, 0.05) is 13.0 Å². The zero-order valence-corrected chi connectivity index (χ0v) is 7.75. The summed E-state index contributed by atoms with van der Waals surface area (Å²) in [6.45, 7) is 1.39. The molecule has 1 aliphatic rings. The fraction of sp³-hybridized carbons (Fsp3) is 1.00. The third kappa shape index (κ3) is 2.00. The molecule has 1 fully saturated rings. The van der Waals surface area contributed by atoms with Crippen LogP contribution in [0.1, 0.15) is 6.92 Å². The van der Waals surface area contributed by atoms with Crippen LogP contribution in [0.2, 0.25) is 0 Å². The molecule has 0 aliphatic carbocycles. The number of hydrogen-bond acceptors (Lipinski definition) is 5. The van der Waals surface area contributed by atoms with Crippen LogP contribution in [0.15, 0.2) is 0 Å². The Kier molecular flexibility index (Phi) is 3.63. The molecule has 3 N–H and O–H groups in total. The SMILES string of the molecule is CO[C@H]1OC(CO)[C@@H](O)C(O)C1C. The van der Waals surface area contributed by atoms with Gasteiger partial charge in [-0.15, -0.1) is 0 Å². The summed E-state index contributed by atoms with van der Waals surface area (Å²) < 4.78 is 10.1. The van der Waals surface area contributed by atoms with Crippen molar-refractivity contribution in [2.45, 2.75) is 31.5 Å². The van der Waals surface area contributed by atoms with Gasteiger partial charge in [0.05, 0.1) is 12.7 Å². The molecule has 1 aliphatic heterocycles. The maximum atomic E-state index is 9.53. The van der Waals surface area contributed by atoms with E-state index in [1.807, 2.05) is 0 Å². The molecule has 3 unspecified atom stereocenters. The van der Waals surface area contributed by atoms with Crippen molar-refractivity contribution in [2.24, 2.45) is 5.92 Å². The highest BCUT2D eigenvalue weighted by molar-refractivity contribution is 4.86. The summed E-state index contributed by atoms with van der Waals surface area (Å²) in [5.41, 5.74) is 0. The Balaban J connectivity index is 2.66. The molecule has 5 nitrogen and oxygen atoms in total. The summed E-state index contributed by atoms with van der Waals surface area (Å²) in [5.74, 6) is -0.303. The summed E-state index contributed by atoms with van der Waals surface area (Å²) >= 11 is 0. The lowest BCUT2D eigenvalue weighted by Crippen LogP contribution is -2.55. The van der Waals surface area contributed by atoms with E-state index in [4.69, 9.17) is 14.6 Å². The van der Waals surface area contributed by atoms with Crippen LogP contribution in [0.5, 0.6) is 0 Å². The first kappa shape index (κ1) is 10.9. The number of rotatable bonds is 2. The Morgan fingerprint density at radius 1 is 1.31 bits per heavy atom. The van der Waals surface area contributed by atoms with E-state index in [1.165, 1.54) is 7.11 Å². The highest BCUT2D eigenvalue weighted by Crippen LogP contribution is 2.25. The number of aliphatic hydroxyl groups is 3. The fourth-order valence-electron chi connectivity index (χ4n) is 1.49. The first-order valence-electron chi connectivity index (χ1n) is 4.27. The lowest BCUT2D eigenvalue weighted by atomic mass is 9.93. The zero-order chi connectivity index (χ0) is 10.0. The predicted octanol–water partition coefficient (Wildman–Crippen LogP) is -1.29. The van der Waals surface area contributed by atoms with Gasteiger partial charge in [-0.3, -0.25) is 0 Å². The summed E-state index contributed by atoms with van der Waals surface area (Å²) in [6.07, 6.45) is -3.31. The maximum Gasteiger partial charge on any atom is 0.162 e. The Bertz CT molecular complexity index is 143. The molecule has 1 saturated heterocycles. The second-order valence-corrected chi connectivity index (χ2v) is 3.30. The summed E-state index contributed by atoms with van der Waals surface area (Å²) in [4.78, 5) is 0. The van der Waals surface area contributed by atoms with E-state index in [0.29, 0.717) is 0 Å². The standard InChI is InChI=1S/C8H16O5/c1-4-6(10)7(11)5(3-9)13-8(4)12-2/h4-11H,3H2,1-2H3/t4?,5?,6?,7-,8+/m1/s1. The van der Waals surface area contributed by atoms with Crippen LogP contribution in [0, 0.1) is 5.92 Å². The average molecular weight is 192 g/mol. The van der Waals surface area contributed by atoms with Crippen molar-refractivity contribution in [3.05, 3.63) is 0 Å². The molecule has 0 radical (unpaired) electrons. The van der Waals surface area contributed by atoms with Crippen LogP contribution in [-0.4, -0.2) is 53.6 Å². The van der Waals surface area contributed by atoms with Gasteiger partial charge in [-0.05, 0) is 0 Å². The molecular weight excluding hydrogens is 176 g/mol. The molecule has 0 aromatic heterocycles. The monoisotopic (exact) mass is 192 g/mol. The van der Waals surface area contributed by atoms with Crippen molar-refractivity contribution >= 4 is 0 Å². The molecule has 0 bridgehead atoms. The van der Waals surface area contributed by atoms with E-state index in [9.17, 15) is 10.2 Å². The van der Waals surface area contributed by atoms with E-state index in [2.05, 4.69) is 0 Å². The first-order valence-corrected chi connectivity index (χ1v) is 4.27. The van der Waals surface area contributed by atoms with Gasteiger partial charge in [-0.25, -0.2) is 0 Å². The van der Waals surface area contributed by atoms with E-state index >= 15 is 0 Å². The minimum absolute atomic E-state index is 0.303. The minimum atomic E-state index is -1.05. The van der Waals surface area contributed by atoms with Crippen LogP contribution in [0.4, 0.5) is 0 Å². The molecule has 1 rings (SSSR count). The molecule has 0 amide bonds. The van der Waals surface area contributed by atoms with Gasteiger partial charge in [0.15, 0.2) is 6.29 Å². The molecule has 0 aromatic carbocycles. The van der Waals surface area contributed by atoms with Crippen molar-refractivity contribution in [3.8, 4) is 0 Å². The van der Waals surface area contributed by atoms with Gasteiger partial charge >= 0.3 is 0 Å². The lowest BCUT2D eigenvalue weighted by molar-refractivity contribution is -0.274. The molecule has 0 aromatic rings. The number of methoxy groups -OCH3 is 1. The highest BCUT2D eigenvalue weighted by atomic mass is 16.7. The predicted molar refractivity (Wildman–Crippen MR) is 43.9 cm³/mol. The second-order valence-electron chi connectivity index (χ2n) is 3.30. The number of ether oxygens (including phenoxy) is 2. The third-order valence-electron chi connectivity index (χ3n) is 2.42. The molecule has 13 heavy (non-hydrogen) atoms. The Hall–Kier alpha value is -0.200. The van der Waals surface area contributed by atoms with E-state index in [-0.39, 0.29) is 12.5 Å². The van der Waals surface area contributed by atoms with Crippen LogP contribution in [-0.2, 0) is 9.47 Å². The van der Waals surface area contributed by atoms with Gasteiger partial charge in [0.2, 0.25) is 0 Å². The van der Waals surface area contributed by atoms with Gasteiger partial charge < -0.3 is 24.8 Å². The van der Waals surface area contributed by atoms with Crippen molar-refractivity contribution in [1.29, 1.82) is 0 Å². The van der Waals surface area contributed by atoms with Gasteiger partial charge in [0.1, 0.15) is 12.2 Å². The van der Waals surface area contributed by atoms with Gasteiger partial charge in [0.25, 0.3) is 0 Å². The minimum Gasteiger partial charge on any atom is -0.394 e. The van der Waals surface area contributed by atoms with Crippen molar-refractivity contribution in [2.75, 3.05) is 13.7 Å². The quantitative estimate of drug-likeness (QED) is 0.507. The highest BCUT2D eigenvalue weighted by Gasteiger charge is 2.41. The smallest absolute Gasteiger partial charge is 0.162 e. The largest absolute Gasteiger partial charge is 0.394 e. The first-order chi connectivity index (χ1) is 6.11. The summed E-state index contributed by atoms with van der Waals surface area (Å²) in [5, 5.41) is 27.8. The van der Waals surface area contributed by atoms with Crippen LogP contribution < -0.4 is 0 Å². The van der Waals surface area contributed by atoms with Crippen molar-refractivity contribution in [3.63, 3.8) is 0 Å². The second kappa shape index (κ2) is 4.34. The maximum absolute atomic E-state index is 9.53. The Labute approximate surface area is 76.9 Å². The summed E-state index contributed by atoms with van der Waals surface area (Å²) in [6, 6.07) is 0.